The van der Waals surface area contributed by atoms with E-state index in [1.165, 1.54) is 0 Å². The molecule has 1 aromatic carbocycles. The maximum Gasteiger partial charge on any atom is 0.231 e. The zero-order chi connectivity index (χ0) is 14.7. The number of benzene rings is 1. The first kappa shape index (κ1) is 14.2. The Bertz CT molecular complexity index is 525. The van der Waals surface area contributed by atoms with Crippen LogP contribution in [0.5, 0.6) is 11.5 Å². The van der Waals surface area contributed by atoms with Gasteiger partial charge in [-0.05, 0) is 19.2 Å². The summed E-state index contributed by atoms with van der Waals surface area (Å²) in [7, 11) is 3.70. The van der Waals surface area contributed by atoms with Gasteiger partial charge in [-0.3, -0.25) is 4.90 Å². The lowest BCUT2D eigenvalue weighted by molar-refractivity contribution is 0.144. The van der Waals surface area contributed by atoms with E-state index in [9.17, 15) is 0 Å². The number of oxime groups is 1. The number of piperazine rings is 1. The largest absolute Gasteiger partial charge is 0.454 e. The maximum atomic E-state index is 5.65. The molecule has 0 bridgehead atoms. The molecule has 2 aliphatic heterocycles. The van der Waals surface area contributed by atoms with E-state index < -0.39 is 0 Å². The fraction of sp³-hybridized carbons (Fsp3) is 0.533. The molecular weight excluding hydrogens is 270 g/mol. The number of nitrogens with zero attached hydrogens (tertiary/aromatic N) is 3. The van der Waals surface area contributed by atoms with E-state index in [4.69, 9.17) is 14.3 Å². The molecule has 3 rings (SSSR count). The Labute approximate surface area is 124 Å². The second-order valence-corrected chi connectivity index (χ2v) is 5.36. The van der Waals surface area contributed by atoms with Crippen LogP contribution in [-0.4, -0.2) is 63.1 Å². The molecule has 0 saturated carbocycles. The third-order valence-corrected chi connectivity index (χ3v) is 3.95. The van der Waals surface area contributed by atoms with Gasteiger partial charge in [0.05, 0.1) is 6.21 Å². The van der Waals surface area contributed by atoms with Gasteiger partial charge >= 0.3 is 0 Å². The number of likely N-dealkylation sites (N-methyl/N-ethyl adjacent to an activating group) is 1. The van der Waals surface area contributed by atoms with Crippen molar-refractivity contribution in [2.75, 3.05) is 47.1 Å². The van der Waals surface area contributed by atoms with Crippen LogP contribution in [0.15, 0.2) is 17.3 Å². The van der Waals surface area contributed by atoms with E-state index in [1.54, 1.807) is 13.3 Å². The van der Waals surface area contributed by atoms with E-state index in [2.05, 4.69) is 22.0 Å². The molecule has 0 atom stereocenters. The lowest BCUT2D eigenvalue weighted by Gasteiger charge is -2.32. The first-order valence-corrected chi connectivity index (χ1v) is 7.17. The van der Waals surface area contributed by atoms with Crippen molar-refractivity contribution in [3.05, 3.63) is 23.3 Å². The van der Waals surface area contributed by atoms with Crippen molar-refractivity contribution in [3.63, 3.8) is 0 Å². The predicted molar refractivity (Wildman–Crippen MR) is 79.9 cm³/mol. The van der Waals surface area contributed by atoms with Crippen molar-refractivity contribution in [2.45, 2.75) is 6.54 Å². The molecule has 2 aliphatic rings. The molecule has 6 nitrogen and oxygen atoms in total. The molecule has 0 unspecified atom stereocenters. The zero-order valence-corrected chi connectivity index (χ0v) is 12.5. The topological polar surface area (TPSA) is 46.5 Å². The molecule has 0 N–H and O–H groups in total. The molecule has 114 valence electrons. The lowest BCUT2D eigenvalue weighted by atomic mass is 10.1. The van der Waals surface area contributed by atoms with Gasteiger partial charge < -0.3 is 19.2 Å². The summed E-state index contributed by atoms with van der Waals surface area (Å²) in [5.41, 5.74) is 2.13. The number of hydrogen-bond donors (Lipinski definition) is 0. The van der Waals surface area contributed by atoms with Crippen LogP contribution in [0.2, 0.25) is 0 Å². The van der Waals surface area contributed by atoms with Crippen molar-refractivity contribution in [3.8, 4) is 11.5 Å². The van der Waals surface area contributed by atoms with Gasteiger partial charge in [-0.15, -0.1) is 0 Å². The van der Waals surface area contributed by atoms with Crippen molar-refractivity contribution in [1.82, 2.24) is 9.80 Å². The van der Waals surface area contributed by atoms with Gasteiger partial charge in [0, 0.05) is 43.9 Å². The molecule has 21 heavy (non-hydrogen) atoms. The van der Waals surface area contributed by atoms with Crippen molar-refractivity contribution in [1.29, 1.82) is 0 Å². The van der Waals surface area contributed by atoms with Crippen LogP contribution >= 0.6 is 0 Å². The first-order chi connectivity index (χ1) is 10.3. The number of hydrogen-bond acceptors (Lipinski definition) is 6. The summed E-state index contributed by atoms with van der Waals surface area (Å²) in [4.78, 5) is 9.58. The molecule has 0 spiro atoms. The average Bonchev–Trinajstić information content (AvgIpc) is 2.97. The fourth-order valence-electron chi connectivity index (χ4n) is 2.67. The highest BCUT2D eigenvalue weighted by molar-refractivity contribution is 5.83. The highest BCUT2D eigenvalue weighted by atomic mass is 16.7. The van der Waals surface area contributed by atoms with E-state index in [-0.39, 0.29) is 6.79 Å². The van der Waals surface area contributed by atoms with Crippen LogP contribution in [0.1, 0.15) is 11.1 Å². The van der Waals surface area contributed by atoms with Crippen LogP contribution in [0.4, 0.5) is 0 Å². The first-order valence-electron chi connectivity index (χ1n) is 7.17. The van der Waals surface area contributed by atoms with Gasteiger partial charge in [0.2, 0.25) is 6.79 Å². The van der Waals surface area contributed by atoms with E-state index in [0.717, 1.165) is 55.3 Å². The standard InChI is InChI=1S/C15H21N3O3/c1-17-5-7-18(8-6-17)10-13-12(9-16-19-2)3-4-14-15(13)21-11-20-14/h3-4,9H,5-8,10-11H2,1-2H3/b16-9+. The summed E-state index contributed by atoms with van der Waals surface area (Å²) < 4.78 is 11.1. The van der Waals surface area contributed by atoms with Crippen molar-refractivity contribution < 1.29 is 14.3 Å². The SMILES string of the molecule is CO/N=C/c1ccc2c(c1CN1CCN(C)CC1)OCO2. The average molecular weight is 291 g/mol. The normalized spacial score (nSPS) is 19.3. The second-order valence-electron chi connectivity index (χ2n) is 5.36. The summed E-state index contributed by atoms with van der Waals surface area (Å²) >= 11 is 0. The Morgan fingerprint density at radius 1 is 1.24 bits per heavy atom. The molecule has 0 aliphatic carbocycles. The van der Waals surface area contributed by atoms with Gasteiger partial charge in [-0.25, -0.2) is 0 Å². The molecule has 6 heteroatoms. The van der Waals surface area contributed by atoms with E-state index >= 15 is 0 Å². The zero-order valence-electron chi connectivity index (χ0n) is 12.5. The third kappa shape index (κ3) is 3.11. The molecule has 1 aromatic rings. The maximum absolute atomic E-state index is 5.65. The Morgan fingerprint density at radius 3 is 2.81 bits per heavy atom. The molecule has 0 aromatic heterocycles. The van der Waals surface area contributed by atoms with Gasteiger partial charge in [0.25, 0.3) is 0 Å². The Balaban J connectivity index is 1.84. The van der Waals surface area contributed by atoms with E-state index in [1.807, 2.05) is 12.1 Å². The summed E-state index contributed by atoms with van der Waals surface area (Å²) in [5, 5.41) is 3.89. The Morgan fingerprint density at radius 2 is 2.05 bits per heavy atom. The smallest absolute Gasteiger partial charge is 0.231 e. The number of fused-ring (bicyclic) bond motifs is 1. The molecule has 0 radical (unpaired) electrons. The Hall–Kier alpha value is -1.79. The minimum atomic E-state index is 0.288. The second kappa shape index (κ2) is 6.32. The summed E-state index contributed by atoms with van der Waals surface area (Å²) in [6.07, 6.45) is 1.73. The van der Waals surface area contributed by atoms with Gasteiger partial charge in [-0.1, -0.05) is 5.16 Å². The molecular formula is C15H21N3O3. The van der Waals surface area contributed by atoms with Crippen LogP contribution in [-0.2, 0) is 11.4 Å². The van der Waals surface area contributed by atoms with E-state index in [0.29, 0.717) is 0 Å². The Kier molecular flexibility index (Phi) is 4.26. The molecule has 1 saturated heterocycles. The molecule has 0 amide bonds. The van der Waals surface area contributed by atoms with Crippen molar-refractivity contribution in [2.24, 2.45) is 5.16 Å². The summed E-state index contributed by atoms with van der Waals surface area (Å²) in [5.74, 6) is 1.66. The lowest BCUT2D eigenvalue weighted by Crippen LogP contribution is -2.44. The highest BCUT2D eigenvalue weighted by Crippen LogP contribution is 2.37. The van der Waals surface area contributed by atoms with Gasteiger partial charge in [-0.2, -0.15) is 0 Å². The molecule has 2 heterocycles. The van der Waals surface area contributed by atoms with Crippen molar-refractivity contribution >= 4 is 6.21 Å². The number of ether oxygens (including phenoxy) is 2. The van der Waals surface area contributed by atoms with Gasteiger partial charge in [0.1, 0.15) is 7.11 Å². The van der Waals surface area contributed by atoms with Crippen LogP contribution in [0.25, 0.3) is 0 Å². The number of rotatable bonds is 4. The third-order valence-electron chi connectivity index (χ3n) is 3.95. The fourth-order valence-corrected chi connectivity index (χ4v) is 2.67. The molecule has 1 fully saturated rings. The quantitative estimate of drug-likeness (QED) is 0.615. The van der Waals surface area contributed by atoms with Crippen LogP contribution in [0, 0.1) is 0 Å². The summed E-state index contributed by atoms with van der Waals surface area (Å²) in [6.45, 7) is 5.42. The van der Waals surface area contributed by atoms with Crippen LogP contribution in [0.3, 0.4) is 0 Å². The highest BCUT2D eigenvalue weighted by Gasteiger charge is 2.23. The monoisotopic (exact) mass is 291 g/mol. The van der Waals surface area contributed by atoms with Gasteiger partial charge in [0.15, 0.2) is 11.5 Å². The predicted octanol–water partition coefficient (Wildman–Crippen LogP) is 1.14. The minimum absolute atomic E-state index is 0.288. The summed E-state index contributed by atoms with van der Waals surface area (Å²) in [6, 6.07) is 3.92. The minimum Gasteiger partial charge on any atom is -0.454 e. The van der Waals surface area contributed by atoms with Crippen LogP contribution < -0.4 is 9.47 Å².